The van der Waals surface area contributed by atoms with Gasteiger partial charge in [0.2, 0.25) is 5.91 Å². The third-order valence-corrected chi connectivity index (χ3v) is 8.06. The van der Waals surface area contributed by atoms with E-state index in [9.17, 15) is 4.79 Å². The Bertz CT molecular complexity index is 873. The molecule has 0 radical (unpaired) electrons. The van der Waals surface area contributed by atoms with Gasteiger partial charge in [-0.05, 0) is 63.0 Å². The molecule has 6 heteroatoms. The molecule has 2 aromatic heterocycles. The second-order valence-corrected chi connectivity index (χ2v) is 11.1. The summed E-state index contributed by atoms with van der Waals surface area (Å²) in [4.78, 5) is 17.9. The van der Waals surface area contributed by atoms with Gasteiger partial charge in [-0.25, -0.2) is 0 Å². The minimum atomic E-state index is -0.0733. The van der Waals surface area contributed by atoms with Crippen molar-refractivity contribution in [3.8, 4) is 0 Å². The molecule has 1 amide bonds. The molecular formula is C26H40N4O2. The van der Waals surface area contributed by atoms with Gasteiger partial charge in [0, 0.05) is 50.7 Å². The Hall–Kier alpha value is -2.08. The first-order chi connectivity index (χ1) is 15.2. The first kappa shape index (κ1) is 23.1. The van der Waals surface area contributed by atoms with E-state index in [4.69, 9.17) is 4.52 Å². The normalized spacial score (nSPS) is 25.3. The van der Waals surface area contributed by atoms with Crippen molar-refractivity contribution < 1.29 is 9.32 Å². The molecule has 0 spiro atoms. The van der Waals surface area contributed by atoms with Crippen molar-refractivity contribution in [2.75, 3.05) is 26.2 Å². The molecule has 4 rings (SSSR count). The lowest BCUT2D eigenvalue weighted by Gasteiger charge is -2.46. The van der Waals surface area contributed by atoms with Gasteiger partial charge in [-0.2, -0.15) is 0 Å². The lowest BCUT2D eigenvalue weighted by Crippen LogP contribution is -2.51. The third kappa shape index (κ3) is 4.80. The number of piperazine rings is 1. The zero-order valence-electron chi connectivity index (χ0n) is 20.6. The highest BCUT2D eigenvalue weighted by molar-refractivity contribution is 5.77. The zero-order valence-corrected chi connectivity index (χ0v) is 20.6. The molecule has 0 bridgehead atoms. The van der Waals surface area contributed by atoms with Crippen LogP contribution in [0.2, 0.25) is 0 Å². The van der Waals surface area contributed by atoms with E-state index in [0.717, 1.165) is 62.9 Å². The Balaban J connectivity index is 1.37. The monoisotopic (exact) mass is 440 g/mol. The van der Waals surface area contributed by atoms with Gasteiger partial charge >= 0.3 is 0 Å². The second-order valence-electron chi connectivity index (χ2n) is 11.1. The Morgan fingerprint density at radius 3 is 2.25 bits per heavy atom. The van der Waals surface area contributed by atoms with E-state index in [-0.39, 0.29) is 5.54 Å². The summed E-state index contributed by atoms with van der Waals surface area (Å²) in [7, 11) is 0. The summed E-state index contributed by atoms with van der Waals surface area (Å²) in [6.45, 7) is 15.3. The molecule has 0 atom stereocenters. The molecule has 2 aliphatic rings. The van der Waals surface area contributed by atoms with E-state index in [1.807, 2.05) is 13.8 Å². The molecule has 176 valence electrons. The number of hydrogen-bond acceptors (Lipinski definition) is 4. The second kappa shape index (κ2) is 9.05. The largest absolute Gasteiger partial charge is 0.361 e. The molecule has 32 heavy (non-hydrogen) atoms. The fourth-order valence-corrected chi connectivity index (χ4v) is 5.70. The number of carbonyl (C=O) groups excluding carboxylic acids is 1. The maximum Gasteiger partial charge on any atom is 0.225 e. The lowest BCUT2D eigenvalue weighted by atomic mass is 9.66. The van der Waals surface area contributed by atoms with Crippen LogP contribution < -0.4 is 0 Å². The average Bonchev–Trinajstić information content (AvgIpc) is 3.41. The van der Waals surface area contributed by atoms with Crippen LogP contribution in [0, 0.1) is 25.2 Å². The molecule has 2 aromatic rings. The summed E-state index contributed by atoms with van der Waals surface area (Å²) < 4.78 is 7.64. The smallest absolute Gasteiger partial charge is 0.225 e. The predicted octanol–water partition coefficient (Wildman–Crippen LogP) is 4.76. The summed E-state index contributed by atoms with van der Waals surface area (Å²) in [5, 5.41) is 4.07. The van der Waals surface area contributed by atoms with Crippen molar-refractivity contribution in [3.63, 3.8) is 0 Å². The van der Waals surface area contributed by atoms with Gasteiger partial charge in [0.25, 0.3) is 0 Å². The standard InChI is InChI=1S/C26H40N4O2/c1-20-23(21(2)32-27-20)19-28-14-16-29(17-15-28)24(31)18-26(30-12-6-7-13-30)10-8-22(9-11-26)25(3,4)5/h6-7,12-13,22H,8-11,14-19H2,1-5H3. The van der Waals surface area contributed by atoms with Crippen molar-refractivity contribution in [3.05, 3.63) is 41.5 Å². The number of aryl methyl sites for hydroxylation is 2. The molecule has 6 nitrogen and oxygen atoms in total. The van der Waals surface area contributed by atoms with Crippen molar-refractivity contribution in [2.45, 2.75) is 78.8 Å². The number of hydrogen-bond donors (Lipinski definition) is 0. The van der Waals surface area contributed by atoms with E-state index in [0.29, 0.717) is 17.7 Å². The van der Waals surface area contributed by atoms with E-state index in [1.165, 1.54) is 18.4 Å². The van der Waals surface area contributed by atoms with E-state index in [1.54, 1.807) is 0 Å². The molecule has 0 unspecified atom stereocenters. The highest BCUT2D eigenvalue weighted by Gasteiger charge is 2.42. The van der Waals surface area contributed by atoms with Crippen LogP contribution in [0.1, 0.15) is 69.9 Å². The third-order valence-electron chi connectivity index (χ3n) is 8.06. The number of amides is 1. The van der Waals surface area contributed by atoms with Gasteiger partial charge in [-0.1, -0.05) is 25.9 Å². The molecular weight excluding hydrogens is 400 g/mol. The van der Waals surface area contributed by atoms with Crippen molar-refractivity contribution in [1.29, 1.82) is 0 Å². The van der Waals surface area contributed by atoms with E-state index >= 15 is 0 Å². The van der Waals surface area contributed by atoms with Crippen LogP contribution in [-0.2, 0) is 16.9 Å². The Labute approximate surface area is 192 Å². The SMILES string of the molecule is Cc1noc(C)c1CN1CCN(C(=O)CC2(n3cccc3)CCC(C(C)(C)C)CC2)CC1. The summed E-state index contributed by atoms with van der Waals surface area (Å²) in [6.07, 6.45) is 9.49. The van der Waals surface area contributed by atoms with Crippen LogP contribution in [-0.4, -0.2) is 51.6 Å². The van der Waals surface area contributed by atoms with Gasteiger partial charge in [-0.3, -0.25) is 9.69 Å². The Kier molecular flexibility index (Phi) is 6.53. The van der Waals surface area contributed by atoms with Gasteiger partial charge in [-0.15, -0.1) is 0 Å². The minimum absolute atomic E-state index is 0.0733. The van der Waals surface area contributed by atoms with Crippen molar-refractivity contribution >= 4 is 5.91 Å². The quantitative estimate of drug-likeness (QED) is 0.673. The fourth-order valence-electron chi connectivity index (χ4n) is 5.70. The van der Waals surface area contributed by atoms with Gasteiger partial charge in [0.15, 0.2) is 0 Å². The zero-order chi connectivity index (χ0) is 22.9. The Morgan fingerprint density at radius 1 is 1.09 bits per heavy atom. The summed E-state index contributed by atoms with van der Waals surface area (Å²) in [5.41, 5.74) is 2.42. The van der Waals surface area contributed by atoms with E-state index < -0.39 is 0 Å². The number of nitrogens with zero attached hydrogens (tertiary/aromatic N) is 4. The number of rotatable bonds is 5. The minimum Gasteiger partial charge on any atom is -0.361 e. The van der Waals surface area contributed by atoms with Crippen molar-refractivity contribution in [1.82, 2.24) is 19.5 Å². The summed E-state index contributed by atoms with van der Waals surface area (Å²) in [6, 6.07) is 4.19. The van der Waals surface area contributed by atoms with Crippen LogP contribution >= 0.6 is 0 Å². The summed E-state index contributed by atoms with van der Waals surface area (Å²) in [5.74, 6) is 1.94. The van der Waals surface area contributed by atoms with Crippen LogP contribution in [0.3, 0.4) is 0 Å². The van der Waals surface area contributed by atoms with Crippen LogP contribution in [0.25, 0.3) is 0 Å². The average molecular weight is 441 g/mol. The highest BCUT2D eigenvalue weighted by Crippen LogP contribution is 2.46. The van der Waals surface area contributed by atoms with Crippen LogP contribution in [0.4, 0.5) is 0 Å². The number of carbonyl (C=O) groups is 1. The molecule has 3 heterocycles. The topological polar surface area (TPSA) is 54.5 Å². The molecule has 1 saturated heterocycles. The fraction of sp³-hybridized carbons (Fsp3) is 0.692. The first-order valence-corrected chi connectivity index (χ1v) is 12.2. The number of aromatic nitrogens is 2. The van der Waals surface area contributed by atoms with Crippen LogP contribution in [0.5, 0.6) is 0 Å². The summed E-state index contributed by atoms with van der Waals surface area (Å²) >= 11 is 0. The maximum absolute atomic E-state index is 13.4. The molecule has 2 fully saturated rings. The van der Waals surface area contributed by atoms with E-state index in [2.05, 4.69) is 64.8 Å². The van der Waals surface area contributed by atoms with Crippen molar-refractivity contribution in [2.24, 2.45) is 11.3 Å². The maximum atomic E-state index is 13.4. The predicted molar refractivity (Wildman–Crippen MR) is 126 cm³/mol. The molecule has 1 aliphatic heterocycles. The molecule has 1 aliphatic carbocycles. The first-order valence-electron chi connectivity index (χ1n) is 12.2. The molecule has 1 saturated carbocycles. The molecule has 0 N–H and O–H groups in total. The Morgan fingerprint density at radius 2 is 1.72 bits per heavy atom. The van der Waals surface area contributed by atoms with Gasteiger partial charge in [0.1, 0.15) is 5.76 Å². The van der Waals surface area contributed by atoms with Crippen LogP contribution in [0.15, 0.2) is 29.0 Å². The molecule has 0 aromatic carbocycles. The van der Waals surface area contributed by atoms with Gasteiger partial charge in [0.05, 0.1) is 17.7 Å². The lowest BCUT2D eigenvalue weighted by molar-refractivity contribution is -0.136. The highest BCUT2D eigenvalue weighted by atomic mass is 16.5. The van der Waals surface area contributed by atoms with Gasteiger partial charge < -0.3 is 14.0 Å².